The monoisotopic (exact) mass is 492 g/mol. The third-order valence-corrected chi connectivity index (χ3v) is 7.15. The highest BCUT2D eigenvalue weighted by atomic mass is 35.5. The molecule has 0 aliphatic carbocycles. The Morgan fingerprint density at radius 2 is 1.60 bits per heavy atom. The minimum absolute atomic E-state index is 0.326. The number of anilines is 1. The minimum Gasteiger partial charge on any atom is -0.378 e. The standard InChI is InChI=1S/C27H29ClN4O3/c1-27(2)15-35-24(17-9-13-19(14-10-17)29(3)4)23-22-20(25(33)31(6)26(34)30(22)5)21(32(23)27)16-7-11-18(28)12-8-16/h7-14,24H,15H2,1-6H3/t24-/m0/s1. The lowest BCUT2D eigenvalue weighted by Crippen LogP contribution is -2.40. The van der Waals surface area contributed by atoms with E-state index in [0.29, 0.717) is 22.5 Å². The van der Waals surface area contributed by atoms with E-state index in [0.717, 1.165) is 28.2 Å². The van der Waals surface area contributed by atoms with Gasteiger partial charge in [0.2, 0.25) is 0 Å². The average Bonchev–Trinajstić information content (AvgIpc) is 3.20. The van der Waals surface area contributed by atoms with E-state index < -0.39 is 11.6 Å². The first-order valence-corrected chi connectivity index (χ1v) is 11.9. The predicted octanol–water partition coefficient (Wildman–Crippen LogP) is 4.28. The molecule has 35 heavy (non-hydrogen) atoms. The molecule has 0 N–H and O–H groups in total. The van der Waals surface area contributed by atoms with Gasteiger partial charge in [-0.3, -0.25) is 13.9 Å². The van der Waals surface area contributed by atoms with Crippen LogP contribution in [0.25, 0.3) is 22.2 Å². The van der Waals surface area contributed by atoms with Crippen LogP contribution in [0.3, 0.4) is 0 Å². The summed E-state index contributed by atoms with van der Waals surface area (Å²) < 4.78 is 11.4. The summed E-state index contributed by atoms with van der Waals surface area (Å²) in [7, 11) is 7.23. The molecule has 1 aliphatic heterocycles. The molecule has 2 aromatic carbocycles. The third-order valence-electron chi connectivity index (χ3n) is 6.90. The molecule has 0 amide bonds. The molecule has 4 aromatic rings. The summed E-state index contributed by atoms with van der Waals surface area (Å²) in [6.45, 7) is 4.61. The highest BCUT2D eigenvalue weighted by Crippen LogP contribution is 2.45. The number of fused-ring (bicyclic) bond motifs is 3. The molecule has 3 heterocycles. The van der Waals surface area contributed by atoms with E-state index in [9.17, 15) is 9.59 Å². The smallest absolute Gasteiger partial charge is 0.331 e. The van der Waals surface area contributed by atoms with E-state index in [4.69, 9.17) is 16.3 Å². The van der Waals surface area contributed by atoms with Gasteiger partial charge in [-0.25, -0.2) is 4.79 Å². The van der Waals surface area contributed by atoms with E-state index in [-0.39, 0.29) is 11.2 Å². The van der Waals surface area contributed by atoms with Crippen molar-refractivity contribution < 1.29 is 4.74 Å². The van der Waals surface area contributed by atoms with Crippen molar-refractivity contribution in [3.8, 4) is 11.3 Å². The molecule has 0 bridgehead atoms. The Morgan fingerprint density at radius 1 is 0.971 bits per heavy atom. The summed E-state index contributed by atoms with van der Waals surface area (Å²) >= 11 is 6.19. The van der Waals surface area contributed by atoms with Crippen molar-refractivity contribution in [1.82, 2.24) is 13.7 Å². The molecule has 0 saturated carbocycles. The molecule has 0 saturated heterocycles. The number of nitrogens with zero attached hydrogens (tertiary/aromatic N) is 4. The van der Waals surface area contributed by atoms with Gasteiger partial charge in [0.05, 0.1) is 34.4 Å². The first-order chi connectivity index (χ1) is 16.5. The maximum Gasteiger partial charge on any atom is 0.331 e. The van der Waals surface area contributed by atoms with E-state index in [1.54, 1.807) is 11.6 Å². The summed E-state index contributed by atoms with van der Waals surface area (Å²) in [4.78, 5) is 28.7. The van der Waals surface area contributed by atoms with Gasteiger partial charge in [0.25, 0.3) is 5.56 Å². The van der Waals surface area contributed by atoms with Crippen molar-refractivity contribution in [3.05, 3.63) is 85.6 Å². The van der Waals surface area contributed by atoms with Crippen LogP contribution >= 0.6 is 11.6 Å². The Hall–Kier alpha value is -3.29. The first-order valence-electron chi connectivity index (χ1n) is 11.5. The van der Waals surface area contributed by atoms with Gasteiger partial charge in [-0.15, -0.1) is 0 Å². The van der Waals surface area contributed by atoms with Crippen LogP contribution in [0.15, 0.2) is 58.1 Å². The van der Waals surface area contributed by atoms with Crippen LogP contribution in [0.2, 0.25) is 5.02 Å². The fourth-order valence-electron chi connectivity index (χ4n) is 5.08. The van der Waals surface area contributed by atoms with Crippen molar-refractivity contribution >= 4 is 28.2 Å². The Labute approximate surface area is 208 Å². The van der Waals surface area contributed by atoms with Crippen LogP contribution in [0.5, 0.6) is 0 Å². The van der Waals surface area contributed by atoms with Gasteiger partial charge in [0.1, 0.15) is 6.10 Å². The van der Waals surface area contributed by atoms with Gasteiger partial charge in [-0.2, -0.15) is 0 Å². The van der Waals surface area contributed by atoms with Gasteiger partial charge in [-0.1, -0.05) is 35.9 Å². The van der Waals surface area contributed by atoms with Crippen molar-refractivity contribution in [3.63, 3.8) is 0 Å². The van der Waals surface area contributed by atoms with Gasteiger partial charge >= 0.3 is 5.69 Å². The molecule has 0 spiro atoms. The van der Waals surface area contributed by atoms with Gasteiger partial charge in [0.15, 0.2) is 0 Å². The molecule has 8 heteroatoms. The zero-order valence-corrected chi connectivity index (χ0v) is 21.6. The Kier molecular flexibility index (Phi) is 5.45. The van der Waals surface area contributed by atoms with E-state index >= 15 is 0 Å². The molecular formula is C27H29ClN4O3. The summed E-state index contributed by atoms with van der Waals surface area (Å²) in [6.07, 6.45) is -0.444. The predicted molar refractivity (Wildman–Crippen MR) is 141 cm³/mol. The number of hydrogen-bond donors (Lipinski definition) is 0. The minimum atomic E-state index is -0.468. The molecule has 0 radical (unpaired) electrons. The number of benzene rings is 2. The lowest BCUT2D eigenvalue weighted by atomic mass is 9.98. The molecule has 182 valence electrons. The zero-order valence-electron chi connectivity index (χ0n) is 20.8. The van der Waals surface area contributed by atoms with Crippen molar-refractivity contribution in [2.75, 3.05) is 25.6 Å². The second-order valence-electron chi connectivity index (χ2n) is 9.99. The summed E-state index contributed by atoms with van der Waals surface area (Å²) in [5.74, 6) is 0. The second kappa shape index (κ2) is 8.14. The lowest BCUT2D eigenvalue weighted by molar-refractivity contribution is -0.00706. The fourth-order valence-corrected chi connectivity index (χ4v) is 5.21. The maximum absolute atomic E-state index is 13.6. The van der Waals surface area contributed by atoms with Crippen LogP contribution < -0.4 is 16.1 Å². The highest BCUT2D eigenvalue weighted by Gasteiger charge is 2.40. The normalized spacial score (nSPS) is 16.9. The molecule has 0 fully saturated rings. The van der Waals surface area contributed by atoms with Gasteiger partial charge in [0, 0.05) is 38.9 Å². The van der Waals surface area contributed by atoms with Crippen molar-refractivity contribution in [2.45, 2.75) is 25.5 Å². The van der Waals surface area contributed by atoms with Crippen LogP contribution in [0.1, 0.15) is 31.2 Å². The first kappa shape index (κ1) is 23.5. The van der Waals surface area contributed by atoms with Crippen molar-refractivity contribution in [1.29, 1.82) is 0 Å². The number of ether oxygens (including phenoxy) is 1. The Morgan fingerprint density at radius 3 is 2.20 bits per heavy atom. The maximum atomic E-state index is 13.6. The van der Waals surface area contributed by atoms with Crippen molar-refractivity contribution in [2.24, 2.45) is 14.1 Å². The van der Waals surface area contributed by atoms with Gasteiger partial charge in [-0.05, 0) is 49.2 Å². The topological polar surface area (TPSA) is 61.4 Å². The third kappa shape index (κ3) is 3.53. The van der Waals surface area contributed by atoms with Crippen LogP contribution in [-0.2, 0) is 24.4 Å². The molecule has 2 aromatic heterocycles. The molecule has 5 rings (SSSR count). The number of aryl methyl sites for hydroxylation is 1. The molecule has 7 nitrogen and oxygen atoms in total. The number of halogens is 1. The largest absolute Gasteiger partial charge is 0.378 e. The second-order valence-corrected chi connectivity index (χ2v) is 10.4. The van der Waals surface area contributed by atoms with Crippen LogP contribution in [0, 0.1) is 0 Å². The number of hydrogen-bond acceptors (Lipinski definition) is 4. The van der Waals surface area contributed by atoms with Crippen LogP contribution in [-0.4, -0.2) is 34.4 Å². The molecule has 1 aliphatic rings. The Bertz CT molecular complexity index is 1560. The molecular weight excluding hydrogens is 464 g/mol. The number of rotatable bonds is 3. The van der Waals surface area contributed by atoms with E-state index in [1.807, 2.05) is 67.5 Å². The fraction of sp³-hybridized carbons (Fsp3) is 0.333. The zero-order chi connectivity index (χ0) is 25.2. The summed E-state index contributed by atoms with van der Waals surface area (Å²) in [5, 5.41) is 1.12. The SMILES string of the molecule is CN(C)c1ccc([C@@H]2OCC(C)(C)n3c(-c4ccc(Cl)cc4)c4c(=O)n(C)c(=O)n(C)c4c32)cc1. The highest BCUT2D eigenvalue weighted by molar-refractivity contribution is 6.30. The van der Waals surface area contributed by atoms with Gasteiger partial charge < -0.3 is 14.2 Å². The summed E-state index contributed by atoms with van der Waals surface area (Å²) in [5.41, 5.74) is 3.90. The average molecular weight is 493 g/mol. The molecule has 1 atom stereocenters. The lowest BCUT2D eigenvalue weighted by Gasteiger charge is -2.39. The quantitative estimate of drug-likeness (QED) is 0.428. The summed E-state index contributed by atoms with van der Waals surface area (Å²) in [6, 6.07) is 15.7. The number of aromatic nitrogens is 3. The molecule has 0 unspecified atom stereocenters. The van der Waals surface area contributed by atoms with Crippen LogP contribution in [0.4, 0.5) is 5.69 Å². The van der Waals surface area contributed by atoms with E-state index in [1.165, 1.54) is 11.6 Å². The van der Waals surface area contributed by atoms with E-state index in [2.05, 4.69) is 18.4 Å². The Balaban J connectivity index is 1.93.